The molecule has 1 aromatic carbocycles. The zero-order valence-electron chi connectivity index (χ0n) is 11.2. The number of nitrogens with zero attached hydrogens (tertiary/aromatic N) is 1. The van der Waals surface area contributed by atoms with E-state index in [1.165, 1.54) is 0 Å². The molecule has 8 heteroatoms. The van der Waals surface area contributed by atoms with Crippen molar-refractivity contribution < 1.29 is 18.3 Å². The van der Waals surface area contributed by atoms with E-state index in [0.29, 0.717) is 17.0 Å². The fourth-order valence-corrected chi connectivity index (χ4v) is 2.76. The molecule has 0 radical (unpaired) electrons. The molecule has 0 amide bonds. The van der Waals surface area contributed by atoms with Crippen molar-refractivity contribution in [1.82, 2.24) is 4.90 Å². The smallest absolute Gasteiger partial charge is 0.395 e. The molecule has 0 aliphatic heterocycles. The maximum absolute atomic E-state index is 12.4. The molecule has 0 aliphatic carbocycles. The maximum Gasteiger partial charge on any atom is 0.401 e. The van der Waals surface area contributed by atoms with Crippen molar-refractivity contribution in [2.24, 2.45) is 5.73 Å². The fourth-order valence-electron chi connectivity index (χ4n) is 1.94. The summed E-state index contributed by atoms with van der Waals surface area (Å²) in [5.74, 6) is 0. The zero-order chi connectivity index (χ0) is 16.0. The molecule has 120 valence electrons. The van der Waals surface area contributed by atoms with Gasteiger partial charge in [-0.25, -0.2) is 0 Å². The first-order valence-electron chi connectivity index (χ1n) is 6.33. The minimum absolute atomic E-state index is 0.0414. The monoisotopic (exact) mass is 388 g/mol. The van der Waals surface area contributed by atoms with Crippen molar-refractivity contribution in [2.45, 2.75) is 18.6 Å². The first-order valence-corrected chi connectivity index (χ1v) is 7.50. The van der Waals surface area contributed by atoms with E-state index in [1.807, 2.05) is 0 Å². The number of nitrogens with two attached hydrogens (primary N) is 1. The van der Waals surface area contributed by atoms with Crippen molar-refractivity contribution in [3.05, 3.63) is 33.3 Å². The largest absolute Gasteiger partial charge is 0.401 e. The van der Waals surface area contributed by atoms with Crippen molar-refractivity contribution in [1.29, 1.82) is 0 Å². The first kappa shape index (κ1) is 18.7. The molecule has 0 saturated carbocycles. The summed E-state index contributed by atoms with van der Waals surface area (Å²) in [4.78, 5) is 1.13. The first-order chi connectivity index (χ1) is 9.73. The average Bonchev–Trinajstić information content (AvgIpc) is 2.34. The van der Waals surface area contributed by atoms with Crippen molar-refractivity contribution in [3.63, 3.8) is 0 Å². The summed E-state index contributed by atoms with van der Waals surface area (Å²) in [5, 5.41) is 9.30. The highest BCUT2D eigenvalue weighted by molar-refractivity contribution is 9.10. The number of aliphatic hydroxyl groups excluding tert-OH is 1. The van der Waals surface area contributed by atoms with Crippen molar-refractivity contribution in [3.8, 4) is 0 Å². The molecule has 3 N–H and O–H groups in total. The molecule has 0 heterocycles. The third kappa shape index (κ3) is 6.97. The van der Waals surface area contributed by atoms with Crippen LogP contribution in [-0.2, 0) is 0 Å². The highest BCUT2D eigenvalue weighted by Crippen LogP contribution is 2.27. The predicted octanol–water partition coefficient (Wildman–Crippen LogP) is 3.35. The highest BCUT2D eigenvalue weighted by atomic mass is 79.9. The molecule has 21 heavy (non-hydrogen) atoms. The van der Waals surface area contributed by atoms with Crippen LogP contribution < -0.4 is 5.73 Å². The van der Waals surface area contributed by atoms with Gasteiger partial charge in [0.25, 0.3) is 0 Å². The van der Waals surface area contributed by atoms with Crippen molar-refractivity contribution >= 4 is 27.5 Å². The van der Waals surface area contributed by atoms with E-state index in [2.05, 4.69) is 15.9 Å². The van der Waals surface area contributed by atoms with Crippen LogP contribution in [0.4, 0.5) is 13.2 Å². The van der Waals surface area contributed by atoms with Crippen LogP contribution in [-0.4, -0.2) is 42.4 Å². The molecule has 0 fully saturated rings. The Morgan fingerprint density at radius 3 is 2.52 bits per heavy atom. The predicted molar refractivity (Wildman–Crippen MR) is 80.3 cm³/mol. The Balaban J connectivity index is 2.62. The topological polar surface area (TPSA) is 49.5 Å². The molecule has 0 spiro atoms. The lowest BCUT2D eigenvalue weighted by Crippen LogP contribution is -2.37. The second-order valence-corrected chi connectivity index (χ2v) is 6.00. The number of alkyl halides is 3. The Labute approximate surface area is 135 Å². The van der Waals surface area contributed by atoms with Gasteiger partial charge in [0, 0.05) is 28.6 Å². The summed E-state index contributed by atoms with van der Waals surface area (Å²) < 4.78 is 38.0. The molecular formula is C13H17BrClF3N2O. The molecule has 0 aliphatic rings. The van der Waals surface area contributed by atoms with Crippen LogP contribution in [0, 0.1) is 0 Å². The fraction of sp³-hybridized carbons (Fsp3) is 0.538. The third-order valence-corrected chi connectivity index (χ3v) is 3.76. The number of benzene rings is 1. The lowest BCUT2D eigenvalue weighted by atomic mass is 10.0. The lowest BCUT2D eigenvalue weighted by Gasteiger charge is -2.24. The Morgan fingerprint density at radius 2 is 2.00 bits per heavy atom. The van der Waals surface area contributed by atoms with Crippen molar-refractivity contribution in [2.75, 3.05) is 26.2 Å². The van der Waals surface area contributed by atoms with Gasteiger partial charge in [0.05, 0.1) is 13.2 Å². The molecular weight excluding hydrogens is 373 g/mol. The Morgan fingerprint density at radius 1 is 1.33 bits per heavy atom. The van der Waals surface area contributed by atoms with E-state index in [1.54, 1.807) is 18.2 Å². The summed E-state index contributed by atoms with van der Waals surface area (Å²) in [5.41, 5.74) is 6.67. The van der Waals surface area contributed by atoms with Gasteiger partial charge in [-0.3, -0.25) is 4.90 Å². The van der Waals surface area contributed by atoms with E-state index >= 15 is 0 Å². The molecule has 0 bridgehead atoms. The van der Waals surface area contributed by atoms with E-state index < -0.39 is 18.8 Å². The van der Waals surface area contributed by atoms with E-state index in [9.17, 15) is 13.2 Å². The number of rotatable bonds is 7. The second kappa shape index (κ2) is 8.33. The summed E-state index contributed by atoms with van der Waals surface area (Å²) in [6.45, 7) is -1.30. The van der Waals surface area contributed by atoms with E-state index in [0.717, 1.165) is 9.37 Å². The zero-order valence-corrected chi connectivity index (χ0v) is 13.5. The van der Waals surface area contributed by atoms with Gasteiger partial charge in [-0.05, 0) is 24.1 Å². The van der Waals surface area contributed by atoms with Gasteiger partial charge in [-0.2, -0.15) is 13.2 Å². The normalized spacial score (nSPS) is 13.7. The van der Waals surface area contributed by atoms with Crippen LogP contribution in [0.2, 0.25) is 5.02 Å². The Bertz CT molecular complexity index is 460. The average molecular weight is 390 g/mol. The lowest BCUT2D eigenvalue weighted by molar-refractivity contribution is -0.146. The van der Waals surface area contributed by atoms with Gasteiger partial charge >= 0.3 is 6.18 Å². The van der Waals surface area contributed by atoms with Gasteiger partial charge in [0.2, 0.25) is 0 Å². The highest BCUT2D eigenvalue weighted by Gasteiger charge is 2.30. The van der Waals surface area contributed by atoms with Gasteiger partial charge in [-0.15, -0.1) is 0 Å². The van der Waals surface area contributed by atoms with Crippen LogP contribution in [0.1, 0.15) is 18.0 Å². The number of hydrogen-bond acceptors (Lipinski definition) is 3. The number of hydrogen-bond donors (Lipinski definition) is 2. The molecule has 1 rings (SSSR count). The number of halogens is 5. The number of aliphatic hydroxyl groups is 1. The summed E-state index contributed by atoms with van der Waals surface area (Å²) >= 11 is 9.34. The Kier molecular flexibility index (Phi) is 7.42. The molecule has 1 unspecified atom stereocenters. The Hall–Kier alpha value is -0.340. The third-order valence-electron chi connectivity index (χ3n) is 2.94. The van der Waals surface area contributed by atoms with Crippen LogP contribution in [0.3, 0.4) is 0 Å². The van der Waals surface area contributed by atoms with E-state index in [-0.39, 0.29) is 19.7 Å². The van der Waals surface area contributed by atoms with Gasteiger partial charge < -0.3 is 10.8 Å². The minimum Gasteiger partial charge on any atom is -0.395 e. The van der Waals surface area contributed by atoms with Gasteiger partial charge in [0.15, 0.2) is 0 Å². The molecule has 3 nitrogen and oxygen atoms in total. The maximum atomic E-state index is 12.4. The molecule has 0 aromatic heterocycles. The van der Waals surface area contributed by atoms with E-state index in [4.69, 9.17) is 22.4 Å². The summed E-state index contributed by atoms with van der Waals surface area (Å²) in [6, 6.07) is 4.76. The van der Waals surface area contributed by atoms with Gasteiger partial charge in [0.1, 0.15) is 0 Å². The standard InChI is InChI=1S/C13H17BrClF3N2O/c14-9-1-2-10(11(15)7-9)12(19)3-4-20(5-6-21)8-13(16,17)18/h1-2,7,12,21H,3-6,8,19H2. The van der Waals surface area contributed by atoms with Crippen LogP contribution in [0.15, 0.2) is 22.7 Å². The van der Waals surface area contributed by atoms with Crippen LogP contribution in [0.25, 0.3) is 0 Å². The van der Waals surface area contributed by atoms with Crippen LogP contribution in [0.5, 0.6) is 0 Å². The molecule has 0 saturated heterocycles. The van der Waals surface area contributed by atoms with Crippen LogP contribution >= 0.6 is 27.5 Å². The molecule has 1 atom stereocenters. The quantitative estimate of drug-likeness (QED) is 0.752. The summed E-state index contributed by atoms with van der Waals surface area (Å²) in [7, 11) is 0. The molecule has 1 aromatic rings. The minimum atomic E-state index is -4.30. The van der Waals surface area contributed by atoms with Gasteiger partial charge in [-0.1, -0.05) is 33.6 Å². The SMILES string of the molecule is NC(CCN(CCO)CC(F)(F)F)c1ccc(Br)cc1Cl. The summed E-state index contributed by atoms with van der Waals surface area (Å²) in [6.07, 6.45) is -3.98. The second-order valence-electron chi connectivity index (χ2n) is 4.68.